The number of aliphatic hydroxyl groups excluding tert-OH is 1. The van der Waals surface area contributed by atoms with E-state index in [1.807, 2.05) is 25.1 Å². The molecule has 1 atom stereocenters. The van der Waals surface area contributed by atoms with Gasteiger partial charge >= 0.3 is 0 Å². The summed E-state index contributed by atoms with van der Waals surface area (Å²) >= 11 is 8.85. The van der Waals surface area contributed by atoms with Crippen LogP contribution < -0.4 is 9.88 Å². The molecule has 23 heavy (non-hydrogen) atoms. The van der Waals surface area contributed by atoms with E-state index in [0.29, 0.717) is 17.1 Å². The molecule has 1 aromatic heterocycles. The zero-order valence-electron chi connectivity index (χ0n) is 12.7. The number of likely N-dealkylation sites (N-methyl/N-ethyl adjacent to an activating group) is 1. The fourth-order valence-corrected chi connectivity index (χ4v) is 3.12. The van der Waals surface area contributed by atoms with Gasteiger partial charge in [0.25, 0.3) is 6.04 Å². The Bertz CT molecular complexity index is 721. The van der Waals surface area contributed by atoms with Gasteiger partial charge in [0.05, 0.1) is 6.61 Å². The molecule has 0 bridgehead atoms. The first kappa shape index (κ1) is 17.7. The van der Waals surface area contributed by atoms with Gasteiger partial charge in [-0.2, -0.15) is 4.57 Å². The zero-order chi connectivity index (χ0) is 16.8. The Labute approximate surface area is 149 Å². The van der Waals surface area contributed by atoms with Crippen molar-refractivity contribution in [2.45, 2.75) is 19.6 Å². The van der Waals surface area contributed by atoms with Crippen molar-refractivity contribution in [1.82, 2.24) is 5.32 Å². The number of nitrogens with one attached hydrogen (secondary N) is 1. The average Bonchev–Trinajstić information content (AvgIpc) is 2.56. The molecule has 4 nitrogen and oxygen atoms in total. The molecule has 0 radical (unpaired) electrons. The van der Waals surface area contributed by atoms with Crippen LogP contribution in [0.1, 0.15) is 28.9 Å². The van der Waals surface area contributed by atoms with Crippen LogP contribution in [0.5, 0.6) is 0 Å². The number of carbonyl (C=O) groups excluding carboxylic acids is 1. The molecule has 1 heterocycles. The Morgan fingerprint density at radius 2 is 2.09 bits per heavy atom. The number of rotatable bonds is 6. The Morgan fingerprint density at radius 1 is 1.35 bits per heavy atom. The van der Waals surface area contributed by atoms with Gasteiger partial charge in [0, 0.05) is 28.2 Å². The van der Waals surface area contributed by atoms with Crippen LogP contribution in [0, 0.1) is 0 Å². The summed E-state index contributed by atoms with van der Waals surface area (Å²) in [4.78, 5) is 13.5. The SMILES string of the molecule is CCNC(=S)C(C(=O)c1ccccc1Br)[n+]1cccc(CO)c1. The number of pyridine rings is 1. The minimum atomic E-state index is -0.657. The number of aliphatic hydroxyl groups is 1. The largest absolute Gasteiger partial charge is 0.391 e. The number of nitrogens with zero attached hydrogens (tertiary/aromatic N) is 1. The predicted molar refractivity (Wildman–Crippen MR) is 96.3 cm³/mol. The number of ketones is 1. The van der Waals surface area contributed by atoms with Gasteiger partial charge in [-0.3, -0.25) is 4.79 Å². The highest BCUT2D eigenvalue weighted by Gasteiger charge is 2.34. The van der Waals surface area contributed by atoms with E-state index in [1.54, 1.807) is 35.2 Å². The first-order valence-corrected chi connectivity index (χ1v) is 8.45. The Morgan fingerprint density at radius 3 is 2.74 bits per heavy atom. The van der Waals surface area contributed by atoms with Crippen LogP contribution in [0.15, 0.2) is 53.3 Å². The van der Waals surface area contributed by atoms with Gasteiger partial charge in [0.1, 0.15) is 0 Å². The summed E-state index contributed by atoms with van der Waals surface area (Å²) in [5.74, 6) is -0.108. The predicted octanol–water partition coefficient (Wildman–Crippen LogP) is 2.59. The number of halogens is 1. The average molecular weight is 394 g/mol. The number of thiocarbonyl (C=S) groups is 1. The highest BCUT2D eigenvalue weighted by molar-refractivity contribution is 9.10. The number of benzene rings is 1. The summed E-state index contributed by atoms with van der Waals surface area (Å²) < 4.78 is 2.46. The lowest BCUT2D eigenvalue weighted by molar-refractivity contribution is -0.692. The second kappa shape index (κ2) is 8.29. The topological polar surface area (TPSA) is 53.2 Å². The molecule has 0 amide bonds. The number of carbonyl (C=O) groups is 1. The lowest BCUT2D eigenvalue weighted by atomic mass is 10.0. The van der Waals surface area contributed by atoms with Gasteiger partial charge in [-0.1, -0.05) is 40.3 Å². The van der Waals surface area contributed by atoms with Crippen LogP contribution in [-0.4, -0.2) is 22.4 Å². The first-order chi connectivity index (χ1) is 11.1. The van der Waals surface area contributed by atoms with Crippen molar-refractivity contribution in [3.63, 3.8) is 0 Å². The third kappa shape index (κ3) is 4.22. The molecule has 2 aromatic rings. The maximum Gasteiger partial charge on any atom is 0.270 e. The minimum absolute atomic E-state index is 0.0925. The third-order valence-corrected chi connectivity index (χ3v) is 4.41. The molecule has 6 heteroatoms. The van der Waals surface area contributed by atoms with Crippen molar-refractivity contribution >= 4 is 38.9 Å². The number of aromatic nitrogens is 1. The second-order valence-corrected chi connectivity index (χ2v) is 6.25. The smallest absolute Gasteiger partial charge is 0.270 e. The van der Waals surface area contributed by atoms with E-state index in [-0.39, 0.29) is 12.4 Å². The lowest BCUT2D eigenvalue weighted by Gasteiger charge is -2.15. The maximum absolute atomic E-state index is 13.0. The van der Waals surface area contributed by atoms with Crippen LogP contribution in [0.3, 0.4) is 0 Å². The van der Waals surface area contributed by atoms with Gasteiger partial charge in [-0.25, -0.2) is 0 Å². The molecular formula is C17H18BrN2O2S+. The van der Waals surface area contributed by atoms with Crippen molar-refractivity contribution < 1.29 is 14.5 Å². The number of hydrogen-bond acceptors (Lipinski definition) is 3. The van der Waals surface area contributed by atoms with Crippen molar-refractivity contribution in [3.05, 3.63) is 64.4 Å². The van der Waals surface area contributed by atoms with Crippen LogP contribution in [0.2, 0.25) is 0 Å². The van der Waals surface area contributed by atoms with E-state index in [0.717, 1.165) is 10.0 Å². The van der Waals surface area contributed by atoms with Crippen molar-refractivity contribution in [3.8, 4) is 0 Å². The monoisotopic (exact) mass is 393 g/mol. The zero-order valence-corrected chi connectivity index (χ0v) is 15.1. The summed E-state index contributed by atoms with van der Waals surface area (Å²) in [6.45, 7) is 2.48. The van der Waals surface area contributed by atoms with E-state index in [4.69, 9.17) is 12.2 Å². The number of Topliss-reactive ketones (excluding diaryl/α,β-unsaturated/α-hetero) is 1. The molecule has 0 aliphatic heterocycles. The van der Waals surface area contributed by atoms with Crippen LogP contribution >= 0.6 is 28.1 Å². The molecule has 2 N–H and O–H groups in total. The summed E-state index contributed by atoms with van der Waals surface area (Å²) in [5, 5.41) is 12.4. The Hall–Kier alpha value is -1.63. The Balaban J connectivity index is 2.47. The van der Waals surface area contributed by atoms with E-state index < -0.39 is 6.04 Å². The molecular weight excluding hydrogens is 376 g/mol. The van der Waals surface area contributed by atoms with Gasteiger partial charge in [-0.15, -0.1) is 0 Å². The molecule has 0 saturated heterocycles. The quantitative estimate of drug-likeness (QED) is 0.449. The summed E-state index contributed by atoms with van der Waals surface area (Å²) in [5.41, 5.74) is 1.29. The van der Waals surface area contributed by atoms with Gasteiger partial charge < -0.3 is 10.4 Å². The fraction of sp³-hybridized carbons (Fsp3) is 0.235. The van der Waals surface area contributed by atoms with E-state index in [2.05, 4.69) is 21.2 Å². The minimum Gasteiger partial charge on any atom is -0.391 e. The standard InChI is InChI=1S/C17H17BrN2O2S/c1-2-19-17(23)15(20-9-5-6-12(10-20)11-21)16(22)13-7-3-4-8-14(13)18/h3-10,15,21H,2,11H2,1H3/p+1. The van der Waals surface area contributed by atoms with E-state index in [9.17, 15) is 9.90 Å². The highest BCUT2D eigenvalue weighted by atomic mass is 79.9. The molecule has 0 aliphatic rings. The summed E-state index contributed by atoms with van der Waals surface area (Å²) in [6, 6.07) is 10.2. The molecule has 0 spiro atoms. The molecule has 1 unspecified atom stereocenters. The first-order valence-electron chi connectivity index (χ1n) is 7.25. The van der Waals surface area contributed by atoms with Crippen molar-refractivity contribution in [2.75, 3.05) is 6.54 Å². The van der Waals surface area contributed by atoms with Gasteiger partial charge in [-0.05, 0) is 25.1 Å². The van der Waals surface area contributed by atoms with Crippen LogP contribution in [-0.2, 0) is 6.61 Å². The van der Waals surface area contributed by atoms with Crippen LogP contribution in [0.25, 0.3) is 0 Å². The lowest BCUT2D eigenvalue weighted by Crippen LogP contribution is -2.51. The molecule has 0 saturated carbocycles. The van der Waals surface area contributed by atoms with Crippen molar-refractivity contribution in [2.24, 2.45) is 0 Å². The maximum atomic E-state index is 13.0. The fourth-order valence-electron chi connectivity index (χ4n) is 2.27. The Kier molecular flexibility index (Phi) is 6.38. The van der Waals surface area contributed by atoms with Crippen LogP contribution in [0.4, 0.5) is 0 Å². The van der Waals surface area contributed by atoms with Gasteiger partial charge in [0.15, 0.2) is 17.4 Å². The van der Waals surface area contributed by atoms with E-state index >= 15 is 0 Å². The molecule has 120 valence electrons. The highest BCUT2D eigenvalue weighted by Crippen LogP contribution is 2.20. The normalized spacial score (nSPS) is 11.8. The summed E-state index contributed by atoms with van der Waals surface area (Å²) in [6.07, 6.45) is 3.52. The molecule has 1 aromatic carbocycles. The van der Waals surface area contributed by atoms with Gasteiger partial charge in [0.2, 0.25) is 5.78 Å². The molecule has 0 aliphatic carbocycles. The van der Waals surface area contributed by atoms with E-state index in [1.165, 1.54) is 0 Å². The summed E-state index contributed by atoms with van der Waals surface area (Å²) in [7, 11) is 0. The third-order valence-electron chi connectivity index (χ3n) is 3.35. The molecule has 2 rings (SSSR count). The van der Waals surface area contributed by atoms with Crippen molar-refractivity contribution in [1.29, 1.82) is 0 Å². The second-order valence-electron chi connectivity index (χ2n) is 4.96. The molecule has 0 fully saturated rings. The number of hydrogen-bond donors (Lipinski definition) is 2.